The molecule has 1 aliphatic heterocycles. The van der Waals surface area contributed by atoms with Crippen LogP contribution in [0, 0.1) is 5.92 Å². The van der Waals surface area contributed by atoms with Crippen LogP contribution in [0.4, 0.5) is 0 Å². The predicted octanol–water partition coefficient (Wildman–Crippen LogP) is 1.90. The highest BCUT2D eigenvalue weighted by Gasteiger charge is 2.15. The van der Waals surface area contributed by atoms with Gasteiger partial charge in [0.2, 0.25) is 0 Å². The van der Waals surface area contributed by atoms with Gasteiger partial charge in [-0.3, -0.25) is 0 Å². The average molecular weight is 139 g/mol. The quantitative estimate of drug-likeness (QED) is 0.463. The first kappa shape index (κ1) is 7.80. The maximum Gasteiger partial charge on any atom is 0.0124 e. The van der Waals surface area contributed by atoms with E-state index >= 15 is 0 Å². The highest BCUT2D eigenvalue weighted by Crippen LogP contribution is 2.14. The van der Waals surface area contributed by atoms with Crippen molar-refractivity contribution in [3.05, 3.63) is 12.2 Å². The largest absolute Gasteiger partial charge is 0.303 e. The molecule has 0 spiro atoms. The second-order valence-corrected chi connectivity index (χ2v) is 3.30. The number of rotatable bonds is 0. The SMILES string of the molecule is CC1C=CCCN(C)C1C. The van der Waals surface area contributed by atoms with Crippen molar-refractivity contribution >= 4 is 0 Å². The molecule has 2 atom stereocenters. The van der Waals surface area contributed by atoms with Gasteiger partial charge in [0.05, 0.1) is 0 Å². The summed E-state index contributed by atoms with van der Waals surface area (Å²) in [5.74, 6) is 0.715. The molecule has 1 nitrogen and oxygen atoms in total. The van der Waals surface area contributed by atoms with Gasteiger partial charge >= 0.3 is 0 Å². The first-order valence-corrected chi connectivity index (χ1v) is 4.08. The molecule has 0 N–H and O–H groups in total. The van der Waals surface area contributed by atoms with Crippen LogP contribution in [-0.4, -0.2) is 24.5 Å². The van der Waals surface area contributed by atoms with E-state index in [0.29, 0.717) is 12.0 Å². The van der Waals surface area contributed by atoms with Gasteiger partial charge in [0.15, 0.2) is 0 Å². The lowest BCUT2D eigenvalue weighted by molar-refractivity contribution is 0.232. The van der Waals surface area contributed by atoms with Crippen molar-refractivity contribution in [3.63, 3.8) is 0 Å². The molecule has 58 valence electrons. The fraction of sp³-hybridized carbons (Fsp3) is 0.778. The molecule has 0 amide bonds. The van der Waals surface area contributed by atoms with Crippen LogP contribution < -0.4 is 0 Å². The summed E-state index contributed by atoms with van der Waals surface area (Å²) in [5.41, 5.74) is 0. The third-order valence-corrected chi connectivity index (χ3v) is 2.54. The molecule has 0 saturated heterocycles. The fourth-order valence-corrected chi connectivity index (χ4v) is 1.35. The Bertz CT molecular complexity index is 129. The van der Waals surface area contributed by atoms with E-state index < -0.39 is 0 Å². The third kappa shape index (κ3) is 1.60. The number of hydrogen-bond donors (Lipinski definition) is 0. The average Bonchev–Trinajstić information content (AvgIpc) is 2.04. The van der Waals surface area contributed by atoms with E-state index in [2.05, 4.69) is 37.9 Å². The molecule has 2 unspecified atom stereocenters. The summed E-state index contributed by atoms with van der Waals surface area (Å²) < 4.78 is 0. The first-order valence-electron chi connectivity index (χ1n) is 4.08. The predicted molar refractivity (Wildman–Crippen MR) is 45.0 cm³/mol. The molecule has 1 aliphatic rings. The van der Waals surface area contributed by atoms with Gasteiger partial charge in [0.1, 0.15) is 0 Å². The maximum absolute atomic E-state index is 2.42. The van der Waals surface area contributed by atoms with Crippen molar-refractivity contribution < 1.29 is 0 Å². The Morgan fingerprint density at radius 2 is 2.10 bits per heavy atom. The van der Waals surface area contributed by atoms with Crippen molar-refractivity contribution in [2.24, 2.45) is 5.92 Å². The van der Waals surface area contributed by atoms with E-state index in [0.717, 1.165) is 0 Å². The zero-order chi connectivity index (χ0) is 7.56. The van der Waals surface area contributed by atoms with Gasteiger partial charge in [-0.1, -0.05) is 19.1 Å². The van der Waals surface area contributed by atoms with E-state index in [1.807, 2.05) is 0 Å². The molecule has 0 aromatic carbocycles. The summed E-state index contributed by atoms with van der Waals surface area (Å²) in [6.45, 7) is 5.78. The molecular formula is C9H17N. The van der Waals surface area contributed by atoms with E-state index in [-0.39, 0.29) is 0 Å². The Morgan fingerprint density at radius 3 is 2.80 bits per heavy atom. The number of nitrogens with zero attached hydrogens (tertiary/aromatic N) is 1. The van der Waals surface area contributed by atoms with Gasteiger partial charge in [0.25, 0.3) is 0 Å². The summed E-state index contributed by atoms with van der Waals surface area (Å²) >= 11 is 0. The molecule has 0 radical (unpaired) electrons. The minimum absolute atomic E-state index is 0.707. The maximum atomic E-state index is 2.42. The van der Waals surface area contributed by atoms with Gasteiger partial charge in [0, 0.05) is 12.6 Å². The van der Waals surface area contributed by atoms with Crippen molar-refractivity contribution in [1.82, 2.24) is 4.90 Å². The van der Waals surface area contributed by atoms with E-state index in [1.165, 1.54) is 13.0 Å². The Kier molecular flexibility index (Phi) is 2.50. The van der Waals surface area contributed by atoms with Gasteiger partial charge < -0.3 is 4.90 Å². The van der Waals surface area contributed by atoms with Crippen LogP contribution >= 0.6 is 0 Å². The first-order chi connectivity index (χ1) is 4.72. The Labute approximate surface area is 63.7 Å². The summed E-state index contributed by atoms with van der Waals surface area (Å²) in [4.78, 5) is 2.42. The van der Waals surface area contributed by atoms with Crippen LogP contribution in [0.3, 0.4) is 0 Å². The molecule has 0 aliphatic carbocycles. The van der Waals surface area contributed by atoms with Crippen LogP contribution in [-0.2, 0) is 0 Å². The molecule has 1 heteroatoms. The second kappa shape index (κ2) is 3.20. The molecule has 0 bridgehead atoms. The lowest BCUT2D eigenvalue weighted by atomic mass is 10.0. The zero-order valence-corrected chi connectivity index (χ0v) is 7.17. The van der Waals surface area contributed by atoms with Crippen molar-refractivity contribution in [1.29, 1.82) is 0 Å². The Morgan fingerprint density at radius 1 is 1.40 bits per heavy atom. The van der Waals surface area contributed by atoms with Crippen LogP contribution in [0.25, 0.3) is 0 Å². The van der Waals surface area contributed by atoms with Gasteiger partial charge in [-0.15, -0.1) is 0 Å². The van der Waals surface area contributed by atoms with Crippen LogP contribution in [0.1, 0.15) is 20.3 Å². The smallest absolute Gasteiger partial charge is 0.0124 e. The summed E-state index contributed by atoms with van der Waals surface area (Å²) in [5, 5.41) is 0. The molecule has 0 aromatic heterocycles. The molecule has 1 rings (SSSR count). The lowest BCUT2D eigenvalue weighted by Crippen LogP contribution is -2.32. The summed E-state index contributed by atoms with van der Waals surface area (Å²) in [6.07, 6.45) is 5.84. The topological polar surface area (TPSA) is 3.24 Å². The third-order valence-electron chi connectivity index (χ3n) is 2.54. The molecule has 0 aromatic rings. The lowest BCUT2D eigenvalue weighted by Gasteiger charge is -2.25. The minimum atomic E-state index is 0.707. The second-order valence-electron chi connectivity index (χ2n) is 3.30. The highest BCUT2D eigenvalue weighted by molar-refractivity contribution is 4.94. The Hall–Kier alpha value is -0.300. The van der Waals surface area contributed by atoms with Crippen LogP contribution in [0.15, 0.2) is 12.2 Å². The molecular weight excluding hydrogens is 122 g/mol. The number of hydrogen-bond acceptors (Lipinski definition) is 1. The Balaban J connectivity index is 2.57. The van der Waals surface area contributed by atoms with E-state index in [9.17, 15) is 0 Å². The minimum Gasteiger partial charge on any atom is -0.303 e. The molecule has 0 saturated carbocycles. The van der Waals surface area contributed by atoms with Crippen molar-refractivity contribution in [2.75, 3.05) is 13.6 Å². The van der Waals surface area contributed by atoms with Crippen LogP contribution in [0.2, 0.25) is 0 Å². The standard InChI is InChI=1S/C9H17N/c1-8-6-4-5-7-10(3)9(8)2/h4,6,8-9H,5,7H2,1-3H3. The van der Waals surface area contributed by atoms with E-state index in [1.54, 1.807) is 0 Å². The highest BCUT2D eigenvalue weighted by atomic mass is 15.1. The van der Waals surface area contributed by atoms with Gasteiger partial charge in [-0.05, 0) is 26.3 Å². The molecule has 1 heterocycles. The zero-order valence-electron chi connectivity index (χ0n) is 7.17. The van der Waals surface area contributed by atoms with Gasteiger partial charge in [-0.2, -0.15) is 0 Å². The fourth-order valence-electron chi connectivity index (χ4n) is 1.35. The monoisotopic (exact) mass is 139 g/mol. The van der Waals surface area contributed by atoms with E-state index in [4.69, 9.17) is 0 Å². The van der Waals surface area contributed by atoms with Gasteiger partial charge in [-0.25, -0.2) is 0 Å². The van der Waals surface area contributed by atoms with Crippen molar-refractivity contribution in [2.45, 2.75) is 26.3 Å². The summed E-state index contributed by atoms with van der Waals surface area (Å²) in [7, 11) is 2.20. The summed E-state index contributed by atoms with van der Waals surface area (Å²) in [6, 6.07) is 0.707. The normalized spacial score (nSPS) is 35.9. The van der Waals surface area contributed by atoms with Crippen molar-refractivity contribution in [3.8, 4) is 0 Å². The van der Waals surface area contributed by atoms with Crippen LogP contribution in [0.5, 0.6) is 0 Å². The molecule has 0 fully saturated rings. The molecule has 10 heavy (non-hydrogen) atoms.